The van der Waals surface area contributed by atoms with Crippen LogP contribution in [0.15, 0.2) is 22.7 Å². The monoisotopic (exact) mass is 387 g/mol. The summed E-state index contributed by atoms with van der Waals surface area (Å²) in [5.41, 5.74) is -0.0436. The van der Waals surface area contributed by atoms with Crippen LogP contribution in [0.4, 0.5) is 0 Å². The third kappa shape index (κ3) is 4.46. The van der Waals surface area contributed by atoms with Crippen LogP contribution in [0.2, 0.25) is 0 Å². The predicted molar refractivity (Wildman–Crippen MR) is 105 cm³/mol. The first kappa shape index (κ1) is 20.2. The summed E-state index contributed by atoms with van der Waals surface area (Å²) in [6, 6.07) is 5.32. The number of rotatable bonds is 9. The smallest absolute Gasteiger partial charge is 0.252 e. The molecular formula is C21H29N3O4. The van der Waals surface area contributed by atoms with E-state index in [1.54, 1.807) is 25.1 Å². The molecule has 0 atom stereocenters. The number of benzene rings is 1. The largest absolute Gasteiger partial charge is 0.490 e. The van der Waals surface area contributed by atoms with E-state index in [2.05, 4.69) is 22.4 Å². The second-order valence-electron chi connectivity index (χ2n) is 7.24. The maximum Gasteiger partial charge on any atom is 0.252 e. The van der Waals surface area contributed by atoms with Crippen molar-refractivity contribution >= 4 is 5.91 Å². The number of ether oxygens (including phenoxy) is 2. The van der Waals surface area contributed by atoms with E-state index in [0.717, 1.165) is 38.5 Å². The summed E-state index contributed by atoms with van der Waals surface area (Å²) < 4.78 is 16.7. The quantitative estimate of drug-likeness (QED) is 0.695. The molecule has 0 unspecified atom stereocenters. The Kier molecular flexibility index (Phi) is 6.54. The molecule has 28 heavy (non-hydrogen) atoms. The first-order valence-corrected chi connectivity index (χ1v) is 10.1. The van der Waals surface area contributed by atoms with Gasteiger partial charge in [0.1, 0.15) is 5.54 Å². The van der Waals surface area contributed by atoms with Crippen molar-refractivity contribution in [3.8, 4) is 11.5 Å². The zero-order chi connectivity index (χ0) is 20.0. The van der Waals surface area contributed by atoms with Crippen molar-refractivity contribution in [1.29, 1.82) is 0 Å². The van der Waals surface area contributed by atoms with Gasteiger partial charge in [-0.15, -0.1) is 0 Å². The first-order chi connectivity index (χ1) is 13.6. The van der Waals surface area contributed by atoms with Crippen molar-refractivity contribution in [3.63, 3.8) is 0 Å². The van der Waals surface area contributed by atoms with E-state index >= 15 is 0 Å². The number of aromatic nitrogens is 2. The summed E-state index contributed by atoms with van der Waals surface area (Å²) >= 11 is 0. The molecule has 7 nitrogen and oxygen atoms in total. The summed E-state index contributed by atoms with van der Waals surface area (Å²) in [7, 11) is 0. The highest BCUT2D eigenvalue weighted by atomic mass is 16.5. The molecule has 1 aromatic heterocycles. The SMILES string of the molecule is CCCOc1ccc(C(=O)NC2(c3noc(C)n3)CCCC2)cc1OCCC. The van der Waals surface area contributed by atoms with Gasteiger partial charge >= 0.3 is 0 Å². The minimum atomic E-state index is -0.573. The van der Waals surface area contributed by atoms with Crippen LogP contribution in [0.25, 0.3) is 0 Å². The lowest BCUT2D eigenvalue weighted by molar-refractivity contribution is 0.0891. The van der Waals surface area contributed by atoms with Crippen LogP contribution in [0.3, 0.4) is 0 Å². The second-order valence-corrected chi connectivity index (χ2v) is 7.24. The van der Waals surface area contributed by atoms with Gasteiger partial charge < -0.3 is 19.3 Å². The molecule has 7 heteroatoms. The van der Waals surface area contributed by atoms with Gasteiger partial charge in [0.05, 0.1) is 13.2 Å². The molecule has 152 valence electrons. The number of hydrogen-bond donors (Lipinski definition) is 1. The average molecular weight is 387 g/mol. The standard InChI is InChI=1S/C21H29N3O4/c1-4-12-26-17-9-8-16(14-18(17)27-13-5-2)19(25)23-21(10-6-7-11-21)20-22-15(3)28-24-20/h8-9,14H,4-7,10-13H2,1-3H3,(H,23,25). The zero-order valence-electron chi connectivity index (χ0n) is 16.9. The third-order valence-corrected chi connectivity index (χ3v) is 4.89. The van der Waals surface area contributed by atoms with E-state index < -0.39 is 5.54 Å². The molecule has 1 heterocycles. The van der Waals surface area contributed by atoms with E-state index in [1.165, 1.54) is 0 Å². The minimum absolute atomic E-state index is 0.173. The normalized spacial score (nSPS) is 15.4. The Balaban J connectivity index is 1.82. The summed E-state index contributed by atoms with van der Waals surface area (Å²) in [4.78, 5) is 17.4. The third-order valence-electron chi connectivity index (χ3n) is 4.89. The zero-order valence-corrected chi connectivity index (χ0v) is 16.9. The number of hydrogen-bond acceptors (Lipinski definition) is 6. The molecule has 2 aromatic rings. The van der Waals surface area contributed by atoms with E-state index in [-0.39, 0.29) is 5.91 Å². The van der Waals surface area contributed by atoms with Gasteiger partial charge in [0.25, 0.3) is 5.91 Å². The number of nitrogens with one attached hydrogen (secondary N) is 1. The van der Waals surface area contributed by atoms with Crippen LogP contribution in [-0.2, 0) is 5.54 Å². The van der Waals surface area contributed by atoms with Crippen LogP contribution >= 0.6 is 0 Å². The molecular weight excluding hydrogens is 358 g/mol. The molecule has 1 aromatic carbocycles. The number of carbonyl (C=O) groups is 1. The first-order valence-electron chi connectivity index (χ1n) is 10.1. The van der Waals surface area contributed by atoms with Gasteiger partial charge in [-0.05, 0) is 43.9 Å². The molecule has 0 saturated heterocycles. The van der Waals surface area contributed by atoms with Crippen LogP contribution in [0.1, 0.15) is 74.4 Å². The maximum atomic E-state index is 13.0. The predicted octanol–water partition coefficient (Wildman–Crippen LogP) is 4.15. The number of amides is 1. The summed E-state index contributed by atoms with van der Waals surface area (Å²) in [6.07, 6.45) is 5.42. The molecule has 1 N–H and O–H groups in total. The molecule has 0 aliphatic heterocycles. The Hall–Kier alpha value is -2.57. The van der Waals surface area contributed by atoms with E-state index in [9.17, 15) is 4.79 Å². The fraction of sp³-hybridized carbons (Fsp3) is 0.571. The van der Waals surface area contributed by atoms with Gasteiger partial charge in [-0.2, -0.15) is 4.98 Å². The molecule has 0 spiro atoms. The topological polar surface area (TPSA) is 86.5 Å². The van der Waals surface area contributed by atoms with Crippen LogP contribution in [-0.4, -0.2) is 29.3 Å². The van der Waals surface area contributed by atoms with E-state index in [1.807, 2.05) is 6.92 Å². The van der Waals surface area contributed by atoms with Crippen LogP contribution in [0.5, 0.6) is 11.5 Å². The van der Waals surface area contributed by atoms with Crippen molar-refractivity contribution in [2.45, 2.75) is 64.8 Å². The molecule has 1 saturated carbocycles. The van der Waals surface area contributed by atoms with Gasteiger partial charge in [0, 0.05) is 12.5 Å². The molecule has 1 fully saturated rings. The van der Waals surface area contributed by atoms with Crippen molar-refractivity contribution in [1.82, 2.24) is 15.5 Å². The molecule has 0 radical (unpaired) electrons. The van der Waals surface area contributed by atoms with Crippen LogP contribution in [0, 0.1) is 6.92 Å². The number of aryl methyl sites for hydroxylation is 1. The molecule has 1 aliphatic rings. The number of carbonyl (C=O) groups excluding carboxylic acids is 1. The van der Waals surface area contributed by atoms with Gasteiger partial charge in [-0.3, -0.25) is 4.79 Å². The highest BCUT2D eigenvalue weighted by Crippen LogP contribution is 2.38. The lowest BCUT2D eigenvalue weighted by atomic mass is 9.96. The van der Waals surface area contributed by atoms with Gasteiger partial charge in [0.15, 0.2) is 17.3 Å². The second kappa shape index (κ2) is 9.08. The Bertz CT molecular complexity index is 797. The number of nitrogens with zero attached hydrogens (tertiary/aromatic N) is 2. The maximum absolute atomic E-state index is 13.0. The van der Waals surface area contributed by atoms with Gasteiger partial charge in [-0.1, -0.05) is 31.8 Å². The minimum Gasteiger partial charge on any atom is -0.490 e. The lowest BCUT2D eigenvalue weighted by Crippen LogP contribution is -2.44. The van der Waals surface area contributed by atoms with Crippen molar-refractivity contribution in [3.05, 3.63) is 35.5 Å². The van der Waals surface area contributed by atoms with Crippen molar-refractivity contribution < 1.29 is 18.8 Å². The van der Waals surface area contributed by atoms with Crippen LogP contribution < -0.4 is 14.8 Å². The summed E-state index contributed by atoms with van der Waals surface area (Å²) in [5, 5.41) is 7.24. The highest BCUT2D eigenvalue weighted by molar-refractivity contribution is 5.95. The fourth-order valence-corrected chi connectivity index (χ4v) is 3.47. The lowest BCUT2D eigenvalue weighted by Gasteiger charge is -2.27. The molecule has 3 rings (SSSR count). The average Bonchev–Trinajstić information content (AvgIpc) is 3.34. The summed E-state index contributed by atoms with van der Waals surface area (Å²) in [5.74, 6) is 2.15. The Morgan fingerprint density at radius 2 is 1.82 bits per heavy atom. The molecule has 1 aliphatic carbocycles. The van der Waals surface area contributed by atoms with Gasteiger partial charge in [0.2, 0.25) is 5.89 Å². The molecule has 0 bridgehead atoms. The Morgan fingerprint density at radius 3 is 2.43 bits per heavy atom. The van der Waals surface area contributed by atoms with E-state index in [0.29, 0.717) is 42.0 Å². The van der Waals surface area contributed by atoms with Gasteiger partial charge in [-0.25, -0.2) is 0 Å². The van der Waals surface area contributed by atoms with Crippen molar-refractivity contribution in [2.24, 2.45) is 0 Å². The molecule has 1 amide bonds. The summed E-state index contributed by atoms with van der Waals surface area (Å²) in [6.45, 7) is 7.02. The fourth-order valence-electron chi connectivity index (χ4n) is 3.47. The Morgan fingerprint density at radius 1 is 1.14 bits per heavy atom. The van der Waals surface area contributed by atoms with E-state index in [4.69, 9.17) is 14.0 Å². The Labute approximate surface area is 165 Å². The highest BCUT2D eigenvalue weighted by Gasteiger charge is 2.41. The van der Waals surface area contributed by atoms with Crippen molar-refractivity contribution in [2.75, 3.05) is 13.2 Å².